The molecule has 1 unspecified atom stereocenters. The third-order valence-electron chi connectivity index (χ3n) is 3.45. The summed E-state index contributed by atoms with van der Waals surface area (Å²) >= 11 is 0. The minimum absolute atomic E-state index is 0.215. The number of piperidine rings is 1. The summed E-state index contributed by atoms with van der Waals surface area (Å²) in [5, 5.41) is 7.25. The van der Waals surface area contributed by atoms with Crippen molar-refractivity contribution >= 4 is 5.95 Å². The first-order chi connectivity index (χ1) is 9.24. The second-order valence-corrected chi connectivity index (χ2v) is 5.00. The SMILES string of the molecule is Cc1cccnc1-c1nc(N2CCCC(N)C2)n[nH]1. The van der Waals surface area contributed by atoms with E-state index in [0.717, 1.165) is 43.1 Å². The molecule has 1 fully saturated rings. The monoisotopic (exact) mass is 258 g/mol. The number of H-pyrrole nitrogens is 1. The van der Waals surface area contributed by atoms with Gasteiger partial charge in [-0.25, -0.2) is 0 Å². The van der Waals surface area contributed by atoms with Crippen LogP contribution in [0.2, 0.25) is 0 Å². The maximum absolute atomic E-state index is 5.98. The van der Waals surface area contributed by atoms with Gasteiger partial charge in [0.2, 0.25) is 5.95 Å². The molecule has 2 aromatic heterocycles. The van der Waals surface area contributed by atoms with E-state index in [2.05, 4.69) is 25.1 Å². The number of hydrogen-bond acceptors (Lipinski definition) is 5. The molecule has 0 aromatic carbocycles. The van der Waals surface area contributed by atoms with Gasteiger partial charge in [-0.1, -0.05) is 6.07 Å². The number of rotatable bonds is 2. The second-order valence-electron chi connectivity index (χ2n) is 5.00. The van der Waals surface area contributed by atoms with Crippen LogP contribution in [0.5, 0.6) is 0 Å². The highest BCUT2D eigenvalue weighted by Gasteiger charge is 2.20. The molecular formula is C13H18N6. The summed E-state index contributed by atoms with van der Waals surface area (Å²) in [5.41, 5.74) is 7.92. The zero-order valence-corrected chi connectivity index (χ0v) is 11.0. The molecule has 3 heterocycles. The van der Waals surface area contributed by atoms with Crippen LogP contribution in [0.15, 0.2) is 18.3 Å². The van der Waals surface area contributed by atoms with Crippen molar-refractivity contribution in [2.75, 3.05) is 18.0 Å². The summed E-state index contributed by atoms with van der Waals surface area (Å²) in [6, 6.07) is 4.15. The van der Waals surface area contributed by atoms with E-state index in [1.165, 1.54) is 0 Å². The molecule has 0 saturated carbocycles. The van der Waals surface area contributed by atoms with Crippen LogP contribution in [0, 0.1) is 6.92 Å². The number of anilines is 1. The summed E-state index contributed by atoms with van der Waals surface area (Å²) in [6.45, 7) is 3.80. The largest absolute Gasteiger partial charge is 0.338 e. The van der Waals surface area contributed by atoms with Crippen molar-refractivity contribution in [3.63, 3.8) is 0 Å². The minimum Gasteiger partial charge on any atom is -0.338 e. The molecule has 1 saturated heterocycles. The molecule has 0 radical (unpaired) electrons. The number of aryl methyl sites for hydroxylation is 1. The lowest BCUT2D eigenvalue weighted by atomic mass is 10.1. The van der Waals surface area contributed by atoms with Crippen LogP contribution in [0.3, 0.4) is 0 Å². The van der Waals surface area contributed by atoms with E-state index in [-0.39, 0.29) is 6.04 Å². The van der Waals surface area contributed by atoms with Gasteiger partial charge in [0, 0.05) is 25.3 Å². The smallest absolute Gasteiger partial charge is 0.245 e. The molecule has 3 N–H and O–H groups in total. The van der Waals surface area contributed by atoms with Gasteiger partial charge >= 0.3 is 0 Å². The highest BCUT2D eigenvalue weighted by Crippen LogP contribution is 2.20. The third kappa shape index (κ3) is 2.44. The van der Waals surface area contributed by atoms with E-state index in [0.29, 0.717) is 5.82 Å². The summed E-state index contributed by atoms with van der Waals surface area (Å²) in [7, 11) is 0. The summed E-state index contributed by atoms with van der Waals surface area (Å²) in [5.74, 6) is 1.43. The van der Waals surface area contributed by atoms with Crippen molar-refractivity contribution in [2.24, 2.45) is 5.73 Å². The highest BCUT2D eigenvalue weighted by atomic mass is 15.4. The van der Waals surface area contributed by atoms with Crippen molar-refractivity contribution in [1.29, 1.82) is 0 Å². The van der Waals surface area contributed by atoms with Gasteiger partial charge in [-0.2, -0.15) is 4.98 Å². The first-order valence-electron chi connectivity index (χ1n) is 6.59. The maximum atomic E-state index is 5.98. The fraction of sp³-hybridized carbons (Fsp3) is 0.462. The highest BCUT2D eigenvalue weighted by molar-refractivity contribution is 5.55. The number of hydrogen-bond donors (Lipinski definition) is 2. The van der Waals surface area contributed by atoms with Crippen LogP contribution < -0.4 is 10.6 Å². The number of pyridine rings is 1. The predicted octanol–water partition coefficient (Wildman–Crippen LogP) is 1.10. The lowest BCUT2D eigenvalue weighted by Gasteiger charge is -2.29. The normalized spacial score (nSPS) is 19.7. The molecule has 19 heavy (non-hydrogen) atoms. The third-order valence-corrected chi connectivity index (χ3v) is 3.45. The second kappa shape index (κ2) is 4.97. The van der Waals surface area contributed by atoms with Crippen molar-refractivity contribution in [3.8, 4) is 11.5 Å². The number of nitrogens with two attached hydrogens (primary N) is 1. The van der Waals surface area contributed by atoms with Crippen LogP contribution in [-0.2, 0) is 0 Å². The molecule has 0 aliphatic carbocycles. The molecule has 100 valence electrons. The Morgan fingerprint density at radius 1 is 1.47 bits per heavy atom. The quantitative estimate of drug-likeness (QED) is 0.842. The molecule has 0 spiro atoms. The average molecular weight is 258 g/mol. The zero-order valence-electron chi connectivity index (χ0n) is 11.0. The fourth-order valence-electron chi connectivity index (χ4n) is 2.43. The van der Waals surface area contributed by atoms with Gasteiger partial charge in [-0.3, -0.25) is 10.1 Å². The van der Waals surface area contributed by atoms with Crippen molar-refractivity contribution in [2.45, 2.75) is 25.8 Å². The Balaban J connectivity index is 1.85. The Bertz CT molecular complexity index is 564. The molecule has 3 rings (SSSR count). The average Bonchev–Trinajstić information content (AvgIpc) is 2.89. The van der Waals surface area contributed by atoms with Gasteiger partial charge in [0.25, 0.3) is 0 Å². The van der Waals surface area contributed by atoms with E-state index >= 15 is 0 Å². The van der Waals surface area contributed by atoms with Crippen molar-refractivity contribution in [3.05, 3.63) is 23.9 Å². The zero-order chi connectivity index (χ0) is 13.2. The number of aromatic nitrogens is 4. The number of nitrogens with one attached hydrogen (secondary N) is 1. The maximum Gasteiger partial charge on any atom is 0.245 e. The molecule has 0 bridgehead atoms. The molecule has 6 heteroatoms. The van der Waals surface area contributed by atoms with Crippen LogP contribution >= 0.6 is 0 Å². The van der Waals surface area contributed by atoms with E-state index < -0.39 is 0 Å². The van der Waals surface area contributed by atoms with Gasteiger partial charge in [0.1, 0.15) is 5.69 Å². The Morgan fingerprint density at radius 3 is 3.16 bits per heavy atom. The Kier molecular flexibility index (Phi) is 3.16. The summed E-state index contributed by atoms with van der Waals surface area (Å²) in [4.78, 5) is 11.0. The molecular weight excluding hydrogens is 240 g/mol. The molecule has 1 atom stereocenters. The Morgan fingerprint density at radius 2 is 2.37 bits per heavy atom. The molecule has 6 nitrogen and oxygen atoms in total. The number of nitrogens with zero attached hydrogens (tertiary/aromatic N) is 4. The Labute approximate surface area is 112 Å². The molecule has 2 aromatic rings. The van der Waals surface area contributed by atoms with Gasteiger partial charge in [0.15, 0.2) is 5.82 Å². The number of aromatic amines is 1. The van der Waals surface area contributed by atoms with Gasteiger partial charge in [-0.05, 0) is 31.4 Å². The van der Waals surface area contributed by atoms with E-state index in [9.17, 15) is 0 Å². The first-order valence-corrected chi connectivity index (χ1v) is 6.59. The van der Waals surface area contributed by atoms with E-state index in [1.807, 2.05) is 19.1 Å². The molecule has 1 aliphatic heterocycles. The van der Waals surface area contributed by atoms with Crippen molar-refractivity contribution < 1.29 is 0 Å². The van der Waals surface area contributed by atoms with Crippen LogP contribution in [0.25, 0.3) is 11.5 Å². The molecule has 1 aliphatic rings. The molecule has 0 amide bonds. The lowest BCUT2D eigenvalue weighted by Crippen LogP contribution is -2.43. The van der Waals surface area contributed by atoms with E-state index in [1.54, 1.807) is 6.20 Å². The minimum atomic E-state index is 0.215. The Hall–Kier alpha value is -1.95. The van der Waals surface area contributed by atoms with Gasteiger partial charge < -0.3 is 10.6 Å². The lowest BCUT2D eigenvalue weighted by molar-refractivity contribution is 0.500. The van der Waals surface area contributed by atoms with Crippen LogP contribution in [0.4, 0.5) is 5.95 Å². The van der Waals surface area contributed by atoms with Gasteiger partial charge in [-0.15, -0.1) is 5.10 Å². The van der Waals surface area contributed by atoms with Gasteiger partial charge in [0.05, 0.1) is 0 Å². The fourth-order valence-corrected chi connectivity index (χ4v) is 2.43. The standard InChI is InChI=1S/C13H18N6/c1-9-4-2-6-15-11(9)12-16-13(18-17-12)19-7-3-5-10(14)8-19/h2,4,6,10H,3,5,7-8,14H2,1H3,(H,16,17,18). The van der Waals surface area contributed by atoms with Crippen LogP contribution in [0.1, 0.15) is 18.4 Å². The predicted molar refractivity (Wildman–Crippen MR) is 73.8 cm³/mol. The van der Waals surface area contributed by atoms with Crippen molar-refractivity contribution in [1.82, 2.24) is 20.2 Å². The van der Waals surface area contributed by atoms with Crippen LogP contribution in [-0.4, -0.2) is 39.3 Å². The summed E-state index contributed by atoms with van der Waals surface area (Å²) < 4.78 is 0. The topological polar surface area (TPSA) is 83.7 Å². The first kappa shape index (κ1) is 12.1. The summed E-state index contributed by atoms with van der Waals surface area (Å²) in [6.07, 6.45) is 3.93. The van der Waals surface area contributed by atoms with E-state index in [4.69, 9.17) is 5.73 Å².